The third-order valence-electron chi connectivity index (χ3n) is 7.18. The van der Waals surface area contributed by atoms with Gasteiger partial charge in [0.05, 0.1) is 30.4 Å². The first-order valence-electron chi connectivity index (χ1n) is 13.4. The number of urea groups is 1. The standard InChI is InChI=1S/C28H33F3N6O3/c1-18-26(37(21-5-3-2-4-6-21)35-27(18)39-17-19-9-12-32-13-10-19)34-28(38)33-24-16-36(14-11-29)40-25(24)20-7-8-22(30)23(31)15-20/h2-8,15,19,24-25,32H,9-14,16-17H2,1H3,(H2,33,34,38)/t24-,25+/m1/s1. The second-order valence-electron chi connectivity index (χ2n) is 10.0. The molecule has 2 atom stereocenters. The molecule has 0 spiro atoms. The van der Waals surface area contributed by atoms with Crippen LogP contribution in [0, 0.1) is 24.5 Å². The molecule has 1 aromatic heterocycles. The quantitative estimate of drug-likeness (QED) is 0.363. The fourth-order valence-corrected chi connectivity index (χ4v) is 5.01. The van der Waals surface area contributed by atoms with Crippen molar-refractivity contribution in [2.75, 3.05) is 44.8 Å². The van der Waals surface area contributed by atoms with E-state index in [0.29, 0.717) is 35.3 Å². The van der Waals surface area contributed by atoms with E-state index in [2.05, 4.69) is 21.0 Å². The third kappa shape index (κ3) is 6.40. The van der Waals surface area contributed by atoms with Crippen LogP contribution in [0.25, 0.3) is 5.69 Å². The fraction of sp³-hybridized carbons (Fsp3) is 0.429. The average Bonchev–Trinajstić information content (AvgIpc) is 3.50. The lowest BCUT2D eigenvalue weighted by Gasteiger charge is -2.22. The number of para-hydroxylation sites is 1. The summed E-state index contributed by atoms with van der Waals surface area (Å²) in [5.74, 6) is -0.756. The number of piperidine rings is 1. The van der Waals surface area contributed by atoms with Crippen LogP contribution in [-0.2, 0) is 4.84 Å². The number of alkyl halides is 1. The zero-order valence-corrected chi connectivity index (χ0v) is 22.2. The molecule has 2 saturated heterocycles. The number of benzene rings is 2. The Bertz CT molecular complexity index is 1300. The van der Waals surface area contributed by atoms with Crippen LogP contribution in [0.2, 0.25) is 0 Å². The van der Waals surface area contributed by atoms with Crippen LogP contribution in [0.1, 0.15) is 30.1 Å². The highest BCUT2D eigenvalue weighted by atomic mass is 19.2. The van der Waals surface area contributed by atoms with Crippen molar-refractivity contribution in [1.82, 2.24) is 25.5 Å². The number of anilines is 1. The molecule has 2 fully saturated rings. The van der Waals surface area contributed by atoms with Crippen LogP contribution in [0.4, 0.5) is 23.8 Å². The molecule has 2 amide bonds. The van der Waals surface area contributed by atoms with Crippen LogP contribution in [0.5, 0.6) is 5.88 Å². The summed E-state index contributed by atoms with van der Waals surface area (Å²) in [5, 5.41) is 15.1. The maximum absolute atomic E-state index is 14.0. The largest absolute Gasteiger partial charge is 0.476 e. The van der Waals surface area contributed by atoms with Crippen LogP contribution in [0.15, 0.2) is 48.5 Å². The van der Waals surface area contributed by atoms with Crippen molar-refractivity contribution in [3.63, 3.8) is 0 Å². The van der Waals surface area contributed by atoms with Gasteiger partial charge in [-0.3, -0.25) is 10.2 Å². The van der Waals surface area contributed by atoms with Crippen LogP contribution in [-0.4, -0.2) is 66.4 Å². The Kier molecular flexibility index (Phi) is 8.88. The maximum Gasteiger partial charge on any atom is 0.320 e. The van der Waals surface area contributed by atoms with E-state index in [4.69, 9.17) is 9.57 Å². The third-order valence-corrected chi connectivity index (χ3v) is 7.18. The van der Waals surface area contributed by atoms with Gasteiger partial charge in [-0.2, -0.15) is 5.06 Å². The molecule has 0 saturated carbocycles. The van der Waals surface area contributed by atoms with Crippen LogP contribution < -0.4 is 20.7 Å². The predicted octanol–water partition coefficient (Wildman–Crippen LogP) is 4.29. The van der Waals surface area contributed by atoms with Gasteiger partial charge in [-0.1, -0.05) is 24.3 Å². The van der Waals surface area contributed by atoms with Gasteiger partial charge in [-0.25, -0.2) is 22.6 Å². The number of nitrogens with one attached hydrogen (secondary N) is 3. The highest BCUT2D eigenvalue weighted by Gasteiger charge is 2.37. The first kappa shape index (κ1) is 27.9. The number of carbonyl (C=O) groups excluding carboxylic acids is 1. The molecule has 9 nitrogen and oxygen atoms in total. The number of rotatable bonds is 9. The summed E-state index contributed by atoms with van der Waals surface area (Å²) in [6.45, 7) is 3.72. The van der Waals surface area contributed by atoms with Crippen LogP contribution >= 0.6 is 0 Å². The second kappa shape index (κ2) is 12.7. The van der Waals surface area contributed by atoms with E-state index in [1.54, 1.807) is 4.68 Å². The molecule has 214 valence electrons. The average molecular weight is 559 g/mol. The summed E-state index contributed by atoms with van der Waals surface area (Å²) in [5.41, 5.74) is 1.71. The molecular weight excluding hydrogens is 525 g/mol. The van der Waals surface area contributed by atoms with Gasteiger partial charge in [0.15, 0.2) is 11.6 Å². The summed E-state index contributed by atoms with van der Waals surface area (Å²) in [7, 11) is 0. The van der Waals surface area contributed by atoms with E-state index < -0.39 is 36.5 Å². The van der Waals surface area contributed by atoms with Gasteiger partial charge < -0.3 is 15.4 Å². The minimum atomic E-state index is -1.03. The number of halogens is 3. The van der Waals surface area contributed by atoms with Gasteiger partial charge in [0, 0.05) is 6.54 Å². The minimum Gasteiger partial charge on any atom is -0.476 e. The summed E-state index contributed by atoms with van der Waals surface area (Å²) < 4.78 is 48.3. The predicted molar refractivity (Wildman–Crippen MR) is 143 cm³/mol. The van der Waals surface area contributed by atoms with Gasteiger partial charge >= 0.3 is 6.03 Å². The normalized spacial score (nSPS) is 20.0. The SMILES string of the molecule is Cc1c(OCC2CCNCC2)nn(-c2ccccc2)c1NC(=O)N[C@@H]1CN(CCF)O[C@H]1c1ccc(F)c(F)c1. The number of aromatic nitrogens is 2. The monoisotopic (exact) mass is 558 g/mol. The van der Waals surface area contributed by atoms with Gasteiger partial charge in [-0.05, 0) is 68.6 Å². The van der Waals surface area contributed by atoms with E-state index in [0.717, 1.165) is 43.8 Å². The number of ether oxygens (including phenoxy) is 1. The van der Waals surface area contributed by atoms with Gasteiger partial charge in [-0.15, -0.1) is 5.10 Å². The molecule has 3 heterocycles. The van der Waals surface area contributed by atoms with Crippen molar-refractivity contribution >= 4 is 11.8 Å². The first-order chi connectivity index (χ1) is 19.4. The van der Waals surface area contributed by atoms with Crippen molar-refractivity contribution in [1.29, 1.82) is 0 Å². The topological polar surface area (TPSA) is 92.7 Å². The first-order valence-corrected chi connectivity index (χ1v) is 13.4. The number of nitrogens with zero attached hydrogens (tertiary/aromatic N) is 3. The minimum absolute atomic E-state index is 0.0301. The Morgan fingerprint density at radius 3 is 2.65 bits per heavy atom. The lowest BCUT2D eigenvalue weighted by molar-refractivity contribution is -0.149. The lowest BCUT2D eigenvalue weighted by Crippen LogP contribution is -2.42. The molecule has 0 bridgehead atoms. The number of hydrogen-bond acceptors (Lipinski definition) is 6. The van der Waals surface area contributed by atoms with E-state index >= 15 is 0 Å². The molecule has 2 aromatic carbocycles. The number of hydroxylamine groups is 2. The summed E-state index contributed by atoms with van der Waals surface area (Å²) >= 11 is 0. The molecule has 2 aliphatic rings. The molecule has 12 heteroatoms. The van der Waals surface area contributed by atoms with E-state index in [9.17, 15) is 18.0 Å². The number of hydrogen-bond donors (Lipinski definition) is 3. The van der Waals surface area contributed by atoms with Crippen LogP contribution in [0.3, 0.4) is 0 Å². The van der Waals surface area contributed by atoms with Crippen molar-refractivity contribution in [3.05, 3.63) is 71.3 Å². The van der Waals surface area contributed by atoms with Crippen molar-refractivity contribution < 1.29 is 27.5 Å². The van der Waals surface area contributed by atoms with E-state index in [1.165, 1.54) is 11.1 Å². The van der Waals surface area contributed by atoms with Gasteiger partial charge in [0.25, 0.3) is 0 Å². The van der Waals surface area contributed by atoms with Crippen molar-refractivity contribution in [3.8, 4) is 11.6 Å². The molecule has 0 radical (unpaired) electrons. The zero-order valence-electron chi connectivity index (χ0n) is 22.2. The van der Waals surface area contributed by atoms with Gasteiger partial charge in [0.2, 0.25) is 5.88 Å². The Labute approximate surface area is 230 Å². The van der Waals surface area contributed by atoms with Gasteiger partial charge in [0.1, 0.15) is 18.6 Å². The Morgan fingerprint density at radius 1 is 1.15 bits per heavy atom. The zero-order chi connectivity index (χ0) is 28.1. The smallest absolute Gasteiger partial charge is 0.320 e. The second-order valence-corrected chi connectivity index (χ2v) is 10.0. The molecule has 2 aliphatic heterocycles. The maximum atomic E-state index is 14.0. The molecule has 0 unspecified atom stereocenters. The Balaban J connectivity index is 1.35. The summed E-state index contributed by atoms with van der Waals surface area (Å²) in [6.07, 6.45) is 1.21. The highest BCUT2D eigenvalue weighted by Crippen LogP contribution is 2.32. The molecular formula is C28H33F3N6O3. The fourth-order valence-electron chi connectivity index (χ4n) is 5.01. The molecule has 3 aromatic rings. The van der Waals surface area contributed by atoms with E-state index in [1.807, 2.05) is 37.3 Å². The molecule has 0 aliphatic carbocycles. The molecule has 40 heavy (non-hydrogen) atoms. The number of amides is 2. The lowest BCUT2D eigenvalue weighted by atomic mass is 9.99. The Hall–Kier alpha value is -3.61. The Morgan fingerprint density at radius 2 is 1.93 bits per heavy atom. The molecule has 3 N–H and O–H groups in total. The van der Waals surface area contributed by atoms with E-state index in [-0.39, 0.29) is 13.1 Å². The molecule has 5 rings (SSSR count). The van der Waals surface area contributed by atoms with Crippen molar-refractivity contribution in [2.24, 2.45) is 5.92 Å². The summed E-state index contributed by atoms with van der Waals surface area (Å²) in [4.78, 5) is 19.1. The van der Waals surface area contributed by atoms with Crippen molar-refractivity contribution in [2.45, 2.75) is 31.9 Å². The summed E-state index contributed by atoms with van der Waals surface area (Å²) in [6, 6.07) is 11.5. The highest BCUT2D eigenvalue weighted by molar-refractivity contribution is 5.90. The number of carbonyl (C=O) groups is 1.